The average molecular weight is 630 g/mol. The summed E-state index contributed by atoms with van der Waals surface area (Å²) in [6.45, 7) is 6.74. The lowest BCUT2D eigenvalue weighted by Crippen LogP contribution is -2.29. The largest absolute Gasteiger partial charge is 0.506 e. The number of fused-ring (bicyclic) bond motifs is 4. The molecule has 0 unspecified atom stereocenters. The van der Waals surface area contributed by atoms with E-state index in [1.54, 1.807) is 30.3 Å². The lowest BCUT2D eigenvalue weighted by Gasteiger charge is -2.22. The fraction of sp³-hybridized carbons (Fsp3) is 0.438. The Morgan fingerprint density at radius 2 is 1.73 bits per heavy atom. The zero-order valence-electron chi connectivity index (χ0n) is 25.5. The summed E-state index contributed by atoms with van der Waals surface area (Å²) in [5.74, 6) is 0.891. The monoisotopic (exact) mass is 629 g/mol. The number of furan rings is 1. The van der Waals surface area contributed by atoms with Crippen LogP contribution in [0.2, 0.25) is 0 Å². The molecule has 2 atom stereocenters. The Morgan fingerprint density at radius 3 is 2.38 bits per heavy atom. The minimum atomic E-state index is -2.81. The summed E-state index contributed by atoms with van der Waals surface area (Å²) in [6.07, 6.45) is 4.98. The van der Waals surface area contributed by atoms with E-state index in [0.717, 1.165) is 13.0 Å². The molecule has 5 aromatic rings. The van der Waals surface area contributed by atoms with Crippen LogP contribution in [0.1, 0.15) is 64.6 Å². The van der Waals surface area contributed by atoms with E-state index in [1.165, 1.54) is 32.1 Å². The number of phenols is 1. The maximum absolute atomic E-state index is 13.6. The van der Waals surface area contributed by atoms with Crippen LogP contribution >= 0.6 is 0 Å². The molecule has 1 saturated heterocycles. The van der Waals surface area contributed by atoms with E-state index in [0.29, 0.717) is 51.9 Å². The predicted molar refractivity (Wildman–Crippen MR) is 165 cm³/mol. The fourth-order valence-corrected chi connectivity index (χ4v) is 5.76. The number of anilines is 1. The van der Waals surface area contributed by atoms with Crippen molar-refractivity contribution in [3.8, 4) is 11.8 Å². The van der Waals surface area contributed by atoms with Gasteiger partial charge >= 0.3 is 0 Å². The van der Waals surface area contributed by atoms with Gasteiger partial charge in [0.1, 0.15) is 35.3 Å². The molecule has 1 aliphatic carbocycles. The molecule has 4 heterocycles. The second-order valence-corrected chi connectivity index (χ2v) is 11.1. The van der Waals surface area contributed by atoms with Gasteiger partial charge in [0.25, 0.3) is 12.4 Å². The molecule has 10 nitrogen and oxygen atoms in total. The van der Waals surface area contributed by atoms with Crippen LogP contribution in [-0.2, 0) is 9.74 Å². The third-order valence-corrected chi connectivity index (χ3v) is 7.86. The van der Waals surface area contributed by atoms with Crippen molar-refractivity contribution in [2.45, 2.75) is 70.9 Å². The van der Waals surface area contributed by atoms with Crippen LogP contribution in [0, 0.1) is 5.92 Å². The minimum Gasteiger partial charge on any atom is -0.506 e. The van der Waals surface area contributed by atoms with Crippen molar-refractivity contribution in [1.29, 1.82) is 0 Å². The number of hydrogen-bond donors (Lipinski definition) is 2. The highest BCUT2D eigenvalue weighted by molar-refractivity contribution is 6.05. The Labute approximate surface area is 258 Å². The summed E-state index contributed by atoms with van der Waals surface area (Å²) < 4.78 is 49.1. The van der Waals surface area contributed by atoms with Crippen molar-refractivity contribution in [1.82, 2.24) is 19.9 Å². The highest BCUT2D eigenvalue weighted by atomic mass is 19.3. The second kappa shape index (κ2) is 15.6. The number of aromatic hydroxyl groups is 1. The third kappa shape index (κ3) is 7.83. The number of aromatic nitrogens is 4. The van der Waals surface area contributed by atoms with E-state index in [-0.39, 0.29) is 23.9 Å². The van der Waals surface area contributed by atoms with Crippen molar-refractivity contribution < 1.29 is 37.3 Å². The quantitative estimate of drug-likeness (QED) is 0.204. The average Bonchev–Trinajstić information content (AvgIpc) is 3.74. The van der Waals surface area contributed by atoms with Gasteiger partial charge in [0.2, 0.25) is 0 Å². The van der Waals surface area contributed by atoms with Crippen molar-refractivity contribution in [3.63, 3.8) is 0 Å². The van der Waals surface area contributed by atoms with Crippen LogP contribution in [0.3, 0.4) is 0 Å². The highest BCUT2D eigenvalue weighted by Gasteiger charge is 2.35. The number of hydrogen-bond acceptors (Lipinski definition) is 9. The predicted octanol–water partition coefficient (Wildman–Crippen LogP) is 7.86. The van der Waals surface area contributed by atoms with Gasteiger partial charge < -0.3 is 28.9 Å². The van der Waals surface area contributed by atoms with Crippen molar-refractivity contribution in [2.24, 2.45) is 5.92 Å². The summed E-state index contributed by atoms with van der Waals surface area (Å²) in [7, 11) is 0.958. The molecule has 0 bridgehead atoms. The number of para-hydroxylation sites is 2. The molecule has 13 heteroatoms. The van der Waals surface area contributed by atoms with Crippen LogP contribution < -0.4 is 9.64 Å². The molecule has 1 aliphatic heterocycles. The van der Waals surface area contributed by atoms with Gasteiger partial charge in [-0.2, -0.15) is 9.93 Å². The number of benzene rings is 2. The summed E-state index contributed by atoms with van der Waals surface area (Å²) in [5.41, 5.74) is 2.40. The Hall–Kier alpha value is -4.39. The van der Waals surface area contributed by atoms with E-state index < -0.39 is 12.2 Å². The normalized spacial score (nSPS) is 18.2. The van der Waals surface area contributed by atoms with E-state index in [2.05, 4.69) is 31.8 Å². The van der Waals surface area contributed by atoms with Crippen molar-refractivity contribution in [2.75, 3.05) is 18.6 Å². The van der Waals surface area contributed by atoms with Crippen LogP contribution in [-0.4, -0.2) is 57.6 Å². The molecule has 2 fully saturated rings. The summed E-state index contributed by atoms with van der Waals surface area (Å²) >= 11 is 0. The minimum absolute atomic E-state index is 0.0513. The maximum atomic E-state index is 13.6. The molecule has 2 aliphatic rings. The molecule has 0 radical (unpaired) electrons. The topological polar surface area (TPSA) is 127 Å². The number of alkyl halides is 2. The van der Waals surface area contributed by atoms with Crippen LogP contribution in [0.4, 0.5) is 19.1 Å². The smallest absolute Gasteiger partial charge is 0.297 e. The van der Waals surface area contributed by atoms with Gasteiger partial charge in [0.15, 0.2) is 17.2 Å². The molecule has 7 rings (SSSR count). The Bertz CT molecular complexity index is 1670. The van der Waals surface area contributed by atoms with Gasteiger partial charge in [-0.3, -0.25) is 0 Å². The van der Waals surface area contributed by atoms with Crippen molar-refractivity contribution in [3.05, 3.63) is 48.3 Å². The summed E-state index contributed by atoms with van der Waals surface area (Å²) in [5, 5.41) is 10.6. The molecular formula is C32H38F3N5O5. The van der Waals surface area contributed by atoms with Gasteiger partial charge in [-0.05, 0) is 41.6 Å². The summed E-state index contributed by atoms with van der Waals surface area (Å²) in [4.78, 5) is 28.3. The van der Waals surface area contributed by atoms with E-state index in [4.69, 9.17) is 13.9 Å². The third-order valence-electron chi connectivity index (χ3n) is 7.86. The standard InChI is InChI=1S/C23H19F2N5O3.C7H14.CH3FO.CH2O/c1-11-9-12(32-23-26-14-6-4-7-15(31)18(14)28-23)10-30(11)22-19-17(27-21(29-22)20(24)25)13-5-2-3-8-16(13)33-19;1-7-5-3-2-4-6-7;1-3-2;1-2/h2-8,11-12,20,31H,9-10H2,1H3,(H,26,28);7H,2-6H2,1H3;1H3;1H2/t11-,12+;;;/m1.../s1. The van der Waals surface area contributed by atoms with E-state index >= 15 is 0 Å². The number of rotatable bonds is 4. The second-order valence-electron chi connectivity index (χ2n) is 11.1. The van der Waals surface area contributed by atoms with Crippen LogP contribution in [0.25, 0.3) is 33.1 Å². The molecule has 2 N–H and O–H groups in total. The number of carbonyl (C=O) groups excluding carboxylic acids is 1. The van der Waals surface area contributed by atoms with Crippen molar-refractivity contribution >= 4 is 45.7 Å². The number of carbonyl (C=O) groups is 1. The number of imidazole rings is 1. The fourth-order valence-electron chi connectivity index (χ4n) is 5.76. The molecule has 242 valence electrons. The lowest BCUT2D eigenvalue weighted by atomic mass is 9.91. The van der Waals surface area contributed by atoms with E-state index in [9.17, 15) is 18.4 Å². The zero-order valence-corrected chi connectivity index (χ0v) is 25.5. The highest BCUT2D eigenvalue weighted by Crippen LogP contribution is 2.37. The summed E-state index contributed by atoms with van der Waals surface area (Å²) in [6, 6.07) is 12.5. The molecule has 2 aromatic carbocycles. The molecular weight excluding hydrogens is 591 g/mol. The Balaban J connectivity index is 0.000000328. The molecule has 3 aromatic heterocycles. The first-order valence-electron chi connectivity index (χ1n) is 14.8. The zero-order chi connectivity index (χ0) is 32.5. The molecule has 1 saturated carbocycles. The van der Waals surface area contributed by atoms with Gasteiger partial charge in [0.05, 0.1) is 19.2 Å². The molecule has 45 heavy (non-hydrogen) atoms. The van der Waals surface area contributed by atoms with Gasteiger partial charge in [-0.25, -0.2) is 18.7 Å². The Kier molecular flexibility index (Phi) is 11.6. The Morgan fingerprint density at radius 1 is 1.02 bits per heavy atom. The number of aromatic amines is 1. The first-order valence-corrected chi connectivity index (χ1v) is 14.8. The SMILES string of the molecule is C=O.CC1CCCCC1.COF.C[C@@H]1C[C@H](Oc2nc3c(O)cccc3[nH]2)CN1c1nc(C(F)F)nc2c1oc1ccccc12. The lowest BCUT2D eigenvalue weighted by molar-refractivity contribution is -0.0980. The van der Waals surface area contributed by atoms with Gasteiger partial charge in [-0.1, -0.05) is 57.2 Å². The van der Waals surface area contributed by atoms with E-state index in [1.807, 2.05) is 30.7 Å². The molecule has 0 amide bonds. The number of halogens is 3. The number of ether oxygens (including phenoxy) is 1. The molecule has 0 spiro atoms. The number of H-pyrrole nitrogens is 1. The van der Waals surface area contributed by atoms with Crippen LogP contribution in [0.15, 0.2) is 46.9 Å². The first-order chi connectivity index (χ1) is 21.8. The maximum Gasteiger partial charge on any atom is 0.297 e. The number of nitrogens with zero attached hydrogens (tertiary/aromatic N) is 4. The number of nitrogens with one attached hydrogen (secondary N) is 1. The first kappa shape index (κ1) is 33.5. The number of phenolic OH excluding ortho intramolecular Hbond substituents is 1. The van der Waals surface area contributed by atoms with Gasteiger partial charge in [0, 0.05) is 17.8 Å². The van der Waals surface area contributed by atoms with Gasteiger partial charge in [-0.15, -0.1) is 0 Å². The van der Waals surface area contributed by atoms with Crippen LogP contribution in [0.5, 0.6) is 11.8 Å².